The van der Waals surface area contributed by atoms with Crippen LogP contribution in [0, 0.1) is 22.7 Å². The minimum atomic E-state index is -4.91. The van der Waals surface area contributed by atoms with Gasteiger partial charge in [-0.05, 0) is 23.6 Å². The molecule has 1 heterocycles. The van der Waals surface area contributed by atoms with Crippen LogP contribution in [-0.2, 0) is 20.2 Å². The molecule has 0 aliphatic carbocycles. The summed E-state index contributed by atoms with van der Waals surface area (Å²) in [5.41, 5.74) is -1.10. The molecule has 0 aliphatic rings. The van der Waals surface area contributed by atoms with Crippen molar-refractivity contribution in [3.05, 3.63) is 35.7 Å². The Morgan fingerprint density at radius 3 is 2.23 bits per heavy atom. The highest BCUT2D eigenvalue weighted by molar-refractivity contribution is 7.86. The first kappa shape index (κ1) is 20.8. The molecule has 2 aromatic carbocycles. The maximum absolute atomic E-state index is 11.6. The lowest BCUT2D eigenvalue weighted by Crippen LogP contribution is -2.00. The molecule has 0 aliphatic heterocycles. The van der Waals surface area contributed by atoms with Crippen LogP contribution in [0.15, 0.2) is 44.3 Å². The van der Waals surface area contributed by atoms with E-state index in [0.717, 1.165) is 24.3 Å². The normalized spacial score (nSPS) is 12.1. The Hall–Kier alpha value is -3.89. The van der Waals surface area contributed by atoms with E-state index in [1.807, 2.05) is 0 Å². The highest BCUT2D eigenvalue weighted by Crippen LogP contribution is 2.41. The number of phenols is 1. The highest BCUT2D eigenvalue weighted by Gasteiger charge is 2.23. The number of hydrogen-bond donors (Lipinski definition) is 4. The van der Waals surface area contributed by atoms with Gasteiger partial charge in [0.05, 0.1) is 4.90 Å². The molecule has 0 saturated heterocycles. The maximum atomic E-state index is 11.6. The van der Waals surface area contributed by atoms with Gasteiger partial charge >= 0.3 is 0 Å². The fraction of sp³-hybridized carbons (Fsp3) is 0. The molecule has 3 aromatic rings. The van der Waals surface area contributed by atoms with Crippen LogP contribution in [0.3, 0.4) is 0 Å². The molecule has 3 rings (SSSR count). The largest absolute Gasteiger partial charge is 0.504 e. The van der Waals surface area contributed by atoms with Crippen LogP contribution in [0.4, 0.5) is 11.6 Å². The molecule has 15 heteroatoms. The first-order chi connectivity index (χ1) is 14.0. The van der Waals surface area contributed by atoms with E-state index >= 15 is 0 Å². The maximum Gasteiger partial charge on any atom is 0.298 e. The lowest BCUT2D eigenvalue weighted by Gasteiger charge is -2.09. The third kappa shape index (κ3) is 3.81. The summed E-state index contributed by atoms with van der Waals surface area (Å²) in [7, 11) is -9.56. The van der Waals surface area contributed by atoms with Crippen molar-refractivity contribution in [2.75, 3.05) is 0 Å². The molecule has 13 nitrogen and oxygen atoms in total. The molecule has 0 amide bonds. The number of aromatic hydroxyl groups is 1. The smallest absolute Gasteiger partial charge is 0.298 e. The van der Waals surface area contributed by atoms with Crippen molar-refractivity contribution in [1.29, 1.82) is 10.5 Å². The Morgan fingerprint density at radius 1 is 1.00 bits per heavy atom. The van der Waals surface area contributed by atoms with Gasteiger partial charge in [0.2, 0.25) is 5.95 Å². The van der Waals surface area contributed by atoms with E-state index < -0.39 is 41.5 Å². The van der Waals surface area contributed by atoms with Gasteiger partial charge < -0.3 is 10.1 Å². The second-order valence-electron chi connectivity index (χ2n) is 5.61. The third-order valence-electron chi connectivity index (χ3n) is 3.75. The number of nitriles is 2. The quantitative estimate of drug-likeness (QED) is 0.334. The van der Waals surface area contributed by atoms with Gasteiger partial charge in [0, 0.05) is 5.39 Å². The highest BCUT2D eigenvalue weighted by atomic mass is 32.2. The Morgan fingerprint density at radius 2 is 1.70 bits per heavy atom. The second-order valence-corrected chi connectivity index (χ2v) is 8.42. The van der Waals surface area contributed by atoms with Gasteiger partial charge in [-0.15, -0.1) is 10.2 Å². The van der Waals surface area contributed by atoms with Gasteiger partial charge in [-0.1, -0.05) is 6.07 Å². The van der Waals surface area contributed by atoms with Crippen LogP contribution in [0.5, 0.6) is 5.75 Å². The van der Waals surface area contributed by atoms with Crippen LogP contribution in [0.25, 0.3) is 10.8 Å². The molecule has 0 spiro atoms. The lowest BCUT2D eigenvalue weighted by atomic mass is 10.1. The van der Waals surface area contributed by atoms with Gasteiger partial charge in [-0.2, -0.15) is 32.3 Å². The van der Waals surface area contributed by atoms with Crippen molar-refractivity contribution in [2.24, 2.45) is 10.2 Å². The molecule has 0 radical (unpaired) electrons. The number of aromatic amines is 1. The number of aromatic nitrogens is 2. The number of rotatable bonds is 4. The van der Waals surface area contributed by atoms with Crippen LogP contribution in [-0.4, -0.2) is 41.0 Å². The first-order valence-corrected chi connectivity index (χ1v) is 10.4. The summed E-state index contributed by atoms with van der Waals surface area (Å²) in [4.78, 5) is 4.51. The first-order valence-electron chi connectivity index (χ1n) is 7.52. The van der Waals surface area contributed by atoms with Gasteiger partial charge in [-0.25, -0.2) is 0 Å². The molecule has 0 saturated carbocycles. The predicted octanol–water partition coefficient (Wildman–Crippen LogP) is 1.92. The van der Waals surface area contributed by atoms with E-state index in [0.29, 0.717) is 0 Å². The minimum absolute atomic E-state index is 0.0247. The van der Waals surface area contributed by atoms with Crippen LogP contribution >= 0.6 is 0 Å². The summed E-state index contributed by atoms with van der Waals surface area (Å²) in [5.74, 6) is -1.41. The SMILES string of the molecule is N#Cc1nc(N=Nc2c(O)c(S(=O)(=O)O)cc3ccc(S(=O)(=O)O)cc23)[nH]c1C#N. The number of fused-ring (bicyclic) bond motifs is 1. The summed E-state index contributed by atoms with van der Waals surface area (Å²) in [5, 5.41) is 35.2. The van der Waals surface area contributed by atoms with Gasteiger partial charge in [0.25, 0.3) is 20.2 Å². The summed E-state index contributed by atoms with van der Waals surface area (Å²) < 4.78 is 64.5. The fourth-order valence-corrected chi connectivity index (χ4v) is 3.57. The van der Waals surface area contributed by atoms with Crippen molar-refractivity contribution in [2.45, 2.75) is 9.79 Å². The molecular formula is C15H8N6O7S2. The van der Waals surface area contributed by atoms with E-state index in [-0.39, 0.29) is 28.1 Å². The van der Waals surface area contributed by atoms with Gasteiger partial charge in [0.15, 0.2) is 17.1 Å². The minimum Gasteiger partial charge on any atom is -0.504 e. The molecule has 4 N–H and O–H groups in total. The van der Waals surface area contributed by atoms with Crippen molar-refractivity contribution in [3.63, 3.8) is 0 Å². The van der Waals surface area contributed by atoms with E-state index in [1.54, 1.807) is 12.1 Å². The standard InChI is InChI=1S/C15H8N6O7S2/c16-5-10-11(6-17)19-15(18-10)21-20-13-9-4-8(29(23,24)25)2-1-7(9)3-12(14(13)22)30(26,27)28/h1-4,22H,(H,18,19)(H,23,24,25)(H,26,27,28). The summed E-state index contributed by atoms with van der Waals surface area (Å²) in [6.07, 6.45) is 0. The molecule has 0 atom stereocenters. The number of benzene rings is 2. The zero-order valence-corrected chi connectivity index (χ0v) is 16.0. The zero-order chi connectivity index (χ0) is 22.3. The molecule has 152 valence electrons. The summed E-state index contributed by atoms with van der Waals surface area (Å²) in [6, 6.07) is 7.14. The topological polar surface area (TPSA) is 230 Å². The lowest BCUT2D eigenvalue weighted by molar-refractivity contribution is 0.445. The third-order valence-corrected chi connectivity index (χ3v) is 5.47. The van der Waals surface area contributed by atoms with Gasteiger partial charge in [0.1, 0.15) is 22.7 Å². The second kappa shape index (κ2) is 7.17. The average molecular weight is 448 g/mol. The number of azo groups is 1. The number of nitrogens with zero attached hydrogens (tertiary/aromatic N) is 5. The van der Waals surface area contributed by atoms with E-state index in [1.165, 1.54) is 0 Å². The number of phenolic OH excluding ortho intramolecular Hbond substituents is 1. The average Bonchev–Trinajstić information content (AvgIpc) is 3.07. The van der Waals surface area contributed by atoms with E-state index in [4.69, 9.17) is 10.5 Å². The Kier molecular flexibility index (Phi) is 4.98. The molecule has 30 heavy (non-hydrogen) atoms. The molecule has 0 fully saturated rings. The predicted molar refractivity (Wildman–Crippen MR) is 97.4 cm³/mol. The zero-order valence-electron chi connectivity index (χ0n) is 14.3. The Labute approximate surface area is 168 Å². The van der Waals surface area contributed by atoms with Crippen LogP contribution in [0.1, 0.15) is 11.4 Å². The number of nitrogens with one attached hydrogen (secondary N) is 1. The molecule has 0 unspecified atom stereocenters. The number of hydrogen-bond acceptors (Lipinski definition) is 10. The molecule has 0 bridgehead atoms. The Balaban J connectivity index is 2.32. The molecule has 1 aromatic heterocycles. The van der Waals surface area contributed by atoms with Crippen molar-refractivity contribution >= 4 is 42.6 Å². The van der Waals surface area contributed by atoms with E-state index in [9.17, 15) is 31.0 Å². The number of imidazole rings is 1. The van der Waals surface area contributed by atoms with E-state index in [2.05, 4.69) is 20.2 Å². The summed E-state index contributed by atoms with van der Waals surface area (Å²) >= 11 is 0. The summed E-state index contributed by atoms with van der Waals surface area (Å²) in [6.45, 7) is 0. The fourth-order valence-electron chi connectivity index (χ4n) is 2.45. The number of H-pyrrole nitrogens is 1. The van der Waals surface area contributed by atoms with Crippen LogP contribution < -0.4 is 0 Å². The van der Waals surface area contributed by atoms with Gasteiger partial charge in [-0.3, -0.25) is 9.11 Å². The van der Waals surface area contributed by atoms with Crippen LogP contribution in [0.2, 0.25) is 0 Å². The monoisotopic (exact) mass is 448 g/mol. The molecular weight excluding hydrogens is 440 g/mol. The van der Waals surface area contributed by atoms with Crippen molar-refractivity contribution < 1.29 is 31.0 Å². The van der Waals surface area contributed by atoms with Crippen molar-refractivity contribution in [3.8, 4) is 17.9 Å². The Bertz CT molecular complexity index is 1490. The van der Waals surface area contributed by atoms with Crippen molar-refractivity contribution in [1.82, 2.24) is 9.97 Å².